The van der Waals surface area contributed by atoms with Gasteiger partial charge in [-0.3, -0.25) is 35.1 Å². The number of amides is 1. The van der Waals surface area contributed by atoms with Crippen molar-refractivity contribution >= 4 is 23.0 Å². The third-order valence-corrected chi connectivity index (χ3v) is 1.96. The van der Waals surface area contributed by atoms with Crippen molar-refractivity contribution < 1.29 is 19.6 Å². The molecule has 0 saturated carbocycles. The fraction of sp³-hybridized carbons (Fsp3) is 0. The monoisotopic (exact) mass is 256 g/mol. The van der Waals surface area contributed by atoms with Gasteiger partial charge in [0.05, 0.1) is 14.8 Å². The third-order valence-electron chi connectivity index (χ3n) is 1.96. The van der Waals surface area contributed by atoms with Gasteiger partial charge in [0, 0.05) is 6.07 Å². The average Bonchev–Trinajstić information content (AvgIpc) is 2.26. The Morgan fingerprint density at radius 2 is 1.44 bits per heavy atom. The molecule has 1 aromatic rings. The summed E-state index contributed by atoms with van der Waals surface area (Å²) in [6.07, 6.45) is 0. The van der Waals surface area contributed by atoms with E-state index in [0.717, 1.165) is 0 Å². The van der Waals surface area contributed by atoms with Gasteiger partial charge >= 0.3 is 17.1 Å². The zero-order valence-corrected chi connectivity index (χ0v) is 8.43. The molecule has 0 spiro atoms. The molecule has 0 aromatic heterocycles. The van der Waals surface area contributed by atoms with Crippen molar-refractivity contribution in [3.63, 3.8) is 0 Å². The van der Waals surface area contributed by atoms with Gasteiger partial charge in [-0.05, 0) is 6.07 Å². The van der Waals surface area contributed by atoms with E-state index in [9.17, 15) is 35.1 Å². The topological polar surface area (TPSA) is 173 Å². The molecular weight excluding hydrogens is 252 g/mol. The second-order valence-electron chi connectivity index (χ2n) is 2.97. The van der Waals surface area contributed by atoms with Crippen molar-refractivity contribution in [2.45, 2.75) is 0 Å². The van der Waals surface area contributed by atoms with Crippen LogP contribution in [-0.4, -0.2) is 20.7 Å². The van der Waals surface area contributed by atoms with E-state index in [4.69, 9.17) is 5.73 Å². The average molecular weight is 256 g/mol. The molecule has 0 aliphatic rings. The maximum absolute atomic E-state index is 10.9. The maximum atomic E-state index is 10.9. The summed E-state index contributed by atoms with van der Waals surface area (Å²) in [5.74, 6) is -1.29. The van der Waals surface area contributed by atoms with Gasteiger partial charge in [-0.15, -0.1) is 0 Å². The molecular formula is C7H4N4O7. The number of hydrogen-bond acceptors (Lipinski definition) is 7. The largest absolute Gasteiger partial charge is 0.423 e. The number of primary amides is 1. The Labute approximate surface area is 97.3 Å². The van der Waals surface area contributed by atoms with Crippen LogP contribution in [0.2, 0.25) is 0 Å². The third kappa shape index (κ3) is 2.04. The van der Waals surface area contributed by atoms with Crippen molar-refractivity contribution in [2.75, 3.05) is 0 Å². The summed E-state index contributed by atoms with van der Waals surface area (Å²) in [4.78, 5) is 39.1. The van der Waals surface area contributed by atoms with E-state index in [1.165, 1.54) is 0 Å². The van der Waals surface area contributed by atoms with E-state index in [0.29, 0.717) is 12.1 Å². The summed E-state index contributed by atoms with van der Waals surface area (Å²) in [5, 5.41) is 31.9. The van der Waals surface area contributed by atoms with Crippen molar-refractivity contribution in [1.29, 1.82) is 0 Å². The Kier molecular flexibility index (Phi) is 3.17. The van der Waals surface area contributed by atoms with Gasteiger partial charge in [0.1, 0.15) is 5.56 Å². The highest BCUT2D eigenvalue weighted by Gasteiger charge is 2.39. The normalized spacial score (nSPS) is 9.78. The molecule has 0 radical (unpaired) electrons. The zero-order chi connectivity index (χ0) is 14.0. The second-order valence-corrected chi connectivity index (χ2v) is 2.97. The van der Waals surface area contributed by atoms with E-state index in [1.807, 2.05) is 0 Å². The predicted molar refractivity (Wildman–Crippen MR) is 54.9 cm³/mol. The maximum Gasteiger partial charge on any atom is 0.423 e. The summed E-state index contributed by atoms with van der Waals surface area (Å²) in [6, 6.07) is 1.32. The van der Waals surface area contributed by atoms with Gasteiger partial charge in [0.2, 0.25) is 0 Å². The Balaban J connectivity index is 3.82. The number of carbonyl (C=O) groups is 1. The first kappa shape index (κ1) is 13.0. The summed E-state index contributed by atoms with van der Waals surface area (Å²) in [6.45, 7) is 0. The molecule has 1 amide bonds. The first-order chi connectivity index (χ1) is 8.27. The van der Waals surface area contributed by atoms with E-state index in [-0.39, 0.29) is 0 Å². The highest BCUT2D eigenvalue weighted by molar-refractivity contribution is 5.99. The van der Waals surface area contributed by atoms with Gasteiger partial charge in [0.15, 0.2) is 0 Å². The minimum Gasteiger partial charge on any atom is -0.365 e. The lowest BCUT2D eigenvalue weighted by Crippen LogP contribution is -2.15. The van der Waals surface area contributed by atoms with Crippen LogP contribution >= 0.6 is 0 Å². The summed E-state index contributed by atoms with van der Waals surface area (Å²) in [5.41, 5.74) is 0.295. The van der Waals surface area contributed by atoms with Crippen molar-refractivity contribution in [3.8, 4) is 0 Å². The van der Waals surface area contributed by atoms with Crippen LogP contribution in [0.3, 0.4) is 0 Å². The van der Waals surface area contributed by atoms with Gasteiger partial charge in [-0.1, -0.05) is 0 Å². The van der Waals surface area contributed by atoms with Crippen molar-refractivity contribution in [3.05, 3.63) is 48.0 Å². The number of carbonyl (C=O) groups excluding carboxylic acids is 1. The van der Waals surface area contributed by atoms with E-state index >= 15 is 0 Å². The van der Waals surface area contributed by atoms with Crippen LogP contribution in [0.4, 0.5) is 17.1 Å². The van der Waals surface area contributed by atoms with Gasteiger partial charge < -0.3 is 5.73 Å². The highest BCUT2D eigenvalue weighted by atomic mass is 16.6. The number of nitro benzene ring substituents is 3. The van der Waals surface area contributed by atoms with E-state index in [1.54, 1.807) is 0 Å². The Morgan fingerprint density at radius 3 is 1.78 bits per heavy atom. The molecule has 94 valence electrons. The van der Waals surface area contributed by atoms with Crippen LogP contribution in [0.25, 0.3) is 0 Å². The smallest absolute Gasteiger partial charge is 0.365 e. The minimum atomic E-state index is -1.37. The number of nitro groups is 3. The molecule has 1 rings (SSSR count). The quantitative estimate of drug-likeness (QED) is 0.602. The lowest BCUT2D eigenvalue weighted by molar-refractivity contribution is -0.441. The molecule has 0 fully saturated rings. The van der Waals surface area contributed by atoms with Gasteiger partial charge in [0.25, 0.3) is 5.91 Å². The van der Waals surface area contributed by atoms with Crippen LogP contribution in [0.15, 0.2) is 12.1 Å². The van der Waals surface area contributed by atoms with Gasteiger partial charge in [-0.2, -0.15) is 0 Å². The van der Waals surface area contributed by atoms with Gasteiger partial charge in [-0.25, -0.2) is 0 Å². The van der Waals surface area contributed by atoms with Crippen molar-refractivity contribution in [1.82, 2.24) is 0 Å². The predicted octanol–water partition coefficient (Wildman–Crippen LogP) is 0.510. The number of rotatable bonds is 4. The molecule has 11 nitrogen and oxygen atoms in total. The van der Waals surface area contributed by atoms with E-state index < -0.39 is 43.3 Å². The van der Waals surface area contributed by atoms with Crippen molar-refractivity contribution in [2.24, 2.45) is 5.73 Å². The van der Waals surface area contributed by atoms with Crippen LogP contribution in [0.5, 0.6) is 0 Å². The molecule has 0 aliphatic carbocycles. The van der Waals surface area contributed by atoms with Crippen LogP contribution in [0, 0.1) is 30.3 Å². The van der Waals surface area contributed by atoms with E-state index in [2.05, 4.69) is 0 Å². The minimum absolute atomic E-state index is 0.616. The standard InChI is InChI=1S/C7H4N4O7/c8-7(12)3-1-2-4(9(13)14)6(11(17)18)5(3)10(15)16/h1-2H,(H2,8,12). The summed E-state index contributed by atoms with van der Waals surface area (Å²) in [7, 11) is 0. The number of hydrogen-bond donors (Lipinski definition) is 1. The number of nitrogens with two attached hydrogens (primary N) is 1. The Morgan fingerprint density at radius 1 is 0.944 bits per heavy atom. The van der Waals surface area contributed by atoms with Crippen LogP contribution in [-0.2, 0) is 0 Å². The first-order valence-corrected chi connectivity index (χ1v) is 4.17. The number of nitrogens with zero attached hydrogens (tertiary/aromatic N) is 3. The summed E-state index contributed by atoms with van der Waals surface area (Å²) < 4.78 is 0. The zero-order valence-electron chi connectivity index (χ0n) is 8.43. The molecule has 0 aliphatic heterocycles. The molecule has 0 unspecified atom stereocenters. The summed E-state index contributed by atoms with van der Waals surface area (Å²) >= 11 is 0. The molecule has 2 N–H and O–H groups in total. The second kappa shape index (κ2) is 4.40. The fourth-order valence-corrected chi connectivity index (χ4v) is 1.28. The molecule has 0 bridgehead atoms. The molecule has 1 aromatic carbocycles. The lowest BCUT2D eigenvalue weighted by Gasteiger charge is -2.00. The molecule has 0 atom stereocenters. The Hall–Kier alpha value is -3.11. The first-order valence-electron chi connectivity index (χ1n) is 4.17. The lowest BCUT2D eigenvalue weighted by atomic mass is 10.1. The van der Waals surface area contributed by atoms with Crippen LogP contribution in [0.1, 0.15) is 10.4 Å². The number of benzene rings is 1. The fourth-order valence-electron chi connectivity index (χ4n) is 1.28. The molecule has 0 saturated heterocycles. The highest BCUT2D eigenvalue weighted by Crippen LogP contribution is 2.38. The molecule has 18 heavy (non-hydrogen) atoms. The Bertz CT molecular complexity index is 530. The SMILES string of the molecule is NC(=O)c1ccc([N+](=O)[O-])c([N+](=O)[O-])c1[N+](=O)[O-]. The molecule has 0 heterocycles. The molecule has 11 heteroatoms. The van der Waals surface area contributed by atoms with Crippen LogP contribution < -0.4 is 5.73 Å².